The van der Waals surface area contributed by atoms with Gasteiger partial charge in [-0.3, -0.25) is 15.0 Å². The first-order valence-corrected chi connectivity index (χ1v) is 11.9. The van der Waals surface area contributed by atoms with E-state index >= 15 is 0 Å². The molecule has 5 rings (SSSR count). The fraction of sp³-hybridized carbons (Fsp3) is 0.320. The van der Waals surface area contributed by atoms with E-state index in [0.29, 0.717) is 34.5 Å². The third-order valence-corrected chi connectivity index (χ3v) is 6.70. The average molecular weight is 522 g/mol. The summed E-state index contributed by atoms with van der Waals surface area (Å²) in [6.45, 7) is 0. The number of aromatic nitrogens is 6. The molecular formula is C25H28ClN9O2. The number of rotatable bonds is 7. The van der Waals surface area contributed by atoms with Gasteiger partial charge in [0.1, 0.15) is 11.5 Å². The fourth-order valence-corrected chi connectivity index (χ4v) is 4.84. The number of H-pyrrole nitrogens is 1. The number of amides is 1. The molecule has 2 aromatic carbocycles. The maximum absolute atomic E-state index is 13.3. The summed E-state index contributed by atoms with van der Waals surface area (Å²) in [5, 5.41) is 21.4. The number of amidine groups is 1. The number of hydrogen-bond acceptors (Lipinski definition) is 7. The number of fused-ring (bicyclic) bond motifs is 1. The van der Waals surface area contributed by atoms with Crippen molar-refractivity contribution in [3.63, 3.8) is 0 Å². The highest BCUT2D eigenvalue weighted by Gasteiger charge is 2.29. The minimum Gasteiger partial charge on any atom is -0.384 e. The summed E-state index contributed by atoms with van der Waals surface area (Å²) in [4.78, 5) is 32.9. The number of nitrogen functional groups attached to an aromatic ring is 1. The van der Waals surface area contributed by atoms with Gasteiger partial charge in [0.2, 0.25) is 5.91 Å². The van der Waals surface area contributed by atoms with Crippen LogP contribution in [0.5, 0.6) is 0 Å². The zero-order valence-corrected chi connectivity index (χ0v) is 21.2. The molecular weight excluding hydrogens is 494 g/mol. The first kappa shape index (κ1) is 26.0. The maximum atomic E-state index is 13.3. The summed E-state index contributed by atoms with van der Waals surface area (Å²) >= 11 is 0. The van der Waals surface area contributed by atoms with Crippen LogP contribution in [0.1, 0.15) is 48.3 Å². The SMILES string of the molecule is Cl.Cn1c(=O)c(Cc2ccc(C(=N)N)cc2)nc2cc(N(C(=O)Cc3nn[nH]n3)C3CCCC3)ccc21. The standard InChI is InChI=1S/C25H27N9O2.ClH/c1-33-21-11-10-18(34(17-4-2-3-5-17)23(35)14-22-29-31-32-30-22)13-19(21)28-20(25(33)36)12-15-6-8-16(9-7-15)24(26)27;/h6-11,13,17H,2-5,12,14H2,1H3,(H3,26,27)(H,29,30,31,32);1H. The molecule has 1 aliphatic carbocycles. The quantitative estimate of drug-likeness (QED) is 0.248. The Morgan fingerprint density at radius 2 is 1.92 bits per heavy atom. The van der Waals surface area contributed by atoms with Crippen molar-refractivity contribution in [2.45, 2.75) is 44.6 Å². The second kappa shape index (κ2) is 10.9. The zero-order chi connectivity index (χ0) is 25.2. The third-order valence-electron chi connectivity index (χ3n) is 6.70. The first-order valence-electron chi connectivity index (χ1n) is 11.9. The Morgan fingerprint density at radius 1 is 1.19 bits per heavy atom. The smallest absolute Gasteiger partial charge is 0.272 e. The molecule has 0 bridgehead atoms. The van der Waals surface area contributed by atoms with Gasteiger partial charge in [-0.05, 0) is 36.6 Å². The van der Waals surface area contributed by atoms with Crippen LogP contribution in [0.4, 0.5) is 5.69 Å². The molecule has 1 saturated carbocycles. The van der Waals surface area contributed by atoms with Crippen molar-refractivity contribution >= 4 is 40.9 Å². The van der Waals surface area contributed by atoms with Gasteiger partial charge in [-0.25, -0.2) is 4.98 Å². The van der Waals surface area contributed by atoms with Crippen LogP contribution < -0.4 is 16.2 Å². The Hall–Kier alpha value is -4.12. The molecule has 0 saturated heterocycles. The van der Waals surface area contributed by atoms with Crippen molar-refractivity contribution in [3.05, 3.63) is 75.5 Å². The molecule has 0 aliphatic heterocycles. The molecule has 1 aliphatic rings. The highest BCUT2D eigenvalue weighted by atomic mass is 35.5. The highest BCUT2D eigenvalue weighted by molar-refractivity contribution is 5.97. The molecule has 11 nitrogen and oxygen atoms in total. The summed E-state index contributed by atoms with van der Waals surface area (Å²) in [6.07, 6.45) is 4.39. The summed E-state index contributed by atoms with van der Waals surface area (Å²) < 4.78 is 1.59. The summed E-state index contributed by atoms with van der Waals surface area (Å²) in [5.74, 6) is 0.246. The molecule has 2 aromatic heterocycles. The number of benzene rings is 2. The van der Waals surface area contributed by atoms with Gasteiger partial charge in [0, 0.05) is 30.8 Å². The number of aryl methyl sites for hydroxylation is 1. The Morgan fingerprint density at radius 3 is 2.57 bits per heavy atom. The number of aromatic amines is 1. The lowest BCUT2D eigenvalue weighted by molar-refractivity contribution is -0.118. The molecule has 4 N–H and O–H groups in total. The molecule has 37 heavy (non-hydrogen) atoms. The number of carbonyl (C=O) groups excluding carboxylic acids is 1. The van der Waals surface area contributed by atoms with Crippen LogP contribution >= 0.6 is 12.4 Å². The molecule has 4 aromatic rings. The van der Waals surface area contributed by atoms with Gasteiger partial charge < -0.3 is 15.2 Å². The number of tetrazole rings is 1. The second-order valence-electron chi connectivity index (χ2n) is 9.09. The predicted octanol–water partition coefficient (Wildman–Crippen LogP) is 2.26. The number of nitrogens with zero attached hydrogens (tertiary/aromatic N) is 6. The topological polar surface area (TPSA) is 160 Å². The van der Waals surface area contributed by atoms with Gasteiger partial charge >= 0.3 is 0 Å². The van der Waals surface area contributed by atoms with Crippen molar-refractivity contribution in [2.24, 2.45) is 12.8 Å². The lowest BCUT2D eigenvalue weighted by Gasteiger charge is -2.29. The molecule has 1 fully saturated rings. The van der Waals surface area contributed by atoms with Crippen LogP contribution in [0, 0.1) is 5.41 Å². The van der Waals surface area contributed by atoms with E-state index in [-0.39, 0.29) is 42.2 Å². The van der Waals surface area contributed by atoms with Crippen molar-refractivity contribution < 1.29 is 4.79 Å². The van der Waals surface area contributed by atoms with Crippen LogP contribution in [0.15, 0.2) is 47.3 Å². The number of carbonyl (C=O) groups is 1. The van der Waals surface area contributed by atoms with E-state index in [1.165, 1.54) is 0 Å². The van der Waals surface area contributed by atoms with Gasteiger partial charge in [0.25, 0.3) is 5.56 Å². The van der Waals surface area contributed by atoms with Gasteiger partial charge in [-0.1, -0.05) is 42.3 Å². The van der Waals surface area contributed by atoms with E-state index < -0.39 is 0 Å². The van der Waals surface area contributed by atoms with Crippen molar-refractivity contribution in [1.29, 1.82) is 5.41 Å². The number of anilines is 1. The second-order valence-corrected chi connectivity index (χ2v) is 9.09. The minimum absolute atomic E-state index is 0. The summed E-state index contributed by atoms with van der Waals surface area (Å²) in [6, 6.07) is 12.9. The van der Waals surface area contributed by atoms with E-state index in [0.717, 1.165) is 36.9 Å². The first-order chi connectivity index (χ1) is 17.4. The number of nitrogens with one attached hydrogen (secondary N) is 2. The largest absolute Gasteiger partial charge is 0.384 e. The Balaban J connectivity index is 0.00000320. The Labute approximate surface area is 219 Å². The lowest BCUT2D eigenvalue weighted by atomic mass is 10.1. The van der Waals surface area contributed by atoms with Crippen LogP contribution in [0.3, 0.4) is 0 Å². The minimum atomic E-state index is -0.174. The number of nitrogens with two attached hydrogens (primary N) is 1. The average Bonchev–Trinajstić information content (AvgIpc) is 3.58. The Kier molecular flexibility index (Phi) is 7.63. The van der Waals surface area contributed by atoms with Crippen LogP contribution in [0.25, 0.3) is 11.0 Å². The van der Waals surface area contributed by atoms with Crippen molar-refractivity contribution in [1.82, 2.24) is 30.2 Å². The molecule has 192 valence electrons. The van der Waals surface area contributed by atoms with Gasteiger partial charge in [0.05, 0.1) is 17.5 Å². The molecule has 0 atom stereocenters. The molecule has 0 unspecified atom stereocenters. The summed E-state index contributed by atoms with van der Waals surface area (Å²) in [7, 11) is 1.73. The van der Waals surface area contributed by atoms with E-state index in [2.05, 4.69) is 20.6 Å². The van der Waals surface area contributed by atoms with E-state index in [9.17, 15) is 9.59 Å². The molecule has 2 heterocycles. The lowest BCUT2D eigenvalue weighted by Crippen LogP contribution is -2.40. The molecule has 12 heteroatoms. The zero-order valence-electron chi connectivity index (χ0n) is 20.3. The van der Waals surface area contributed by atoms with Crippen molar-refractivity contribution in [3.8, 4) is 0 Å². The Bertz CT molecular complexity index is 1480. The number of halogens is 1. The van der Waals surface area contributed by atoms with Crippen LogP contribution in [-0.4, -0.2) is 48.0 Å². The van der Waals surface area contributed by atoms with Gasteiger partial charge in [0.15, 0.2) is 5.82 Å². The summed E-state index contributed by atoms with van der Waals surface area (Å²) in [5.41, 5.74) is 9.36. The fourth-order valence-electron chi connectivity index (χ4n) is 4.84. The highest BCUT2D eigenvalue weighted by Crippen LogP contribution is 2.30. The van der Waals surface area contributed by atoms with Crippen LogP contribution in [0.2, 0.25) is 0 Å². The van der Waals surface area contributed by atoms with Gasteiger partial charge in [-0.2, -0.15) is 5.21 Å². The van der Waals surface area contributed by atoms with E-state index in [1.54, 1.807) is 23.7 Å². The van der Waals surface area contributed by atoms with Crippen LogP contribution in [-0.2, 0) is 24.7 Å². The monoisotopic (exact) mass is 521 g/mol. The number of hydrogen-bond donors (Lipinski definition) is 3. The van der Waals surface area contributed by atoms with E-state index in [1.807, 2.05) is 35.2 Å². The van der Waals surface area contributed by atoms with Gasteiger partial charge in [-0.15, -0.1) is 22.6 Å². The van der Waals surface area contributed by atoms with E-state index in [4.69, 9.17) is 16.1 Å². The maximum Gasteiger partial charge on any atom is 0.272 e. The molecule has 0 radical (unpaired) electrons. The normalized spacial score (nSPS) is 13.4. The van der Waals surface area contributed by atoms with Crippen molar-refractivity contribution in [2.75, 3.05) is 4.90 Å². The molecule has 0 spiro atoms. The predicted molar refractivity (Wildman–Crippen MR) is 142 cm³/mol. The molecule has 1 amide bonds. The third kappa shape index (κ3) is 5.36.